The van der Waals surface area contributed by atoms with Gasteiger partial charge in [-0.15, -0.1) is 11.3 Å². The van der Waals surface area contributed by atoms with Crippen LogP contribution in [0.3, 0.4) is 0 Å². The summed E-state index contributed by atoms with van der Waals surface area (Å²) in [5.74, 6) is -1.56. The molecular formula is C18H17NO5S. The van der Waals surface area contributed by atoms with Crippen LogP contribution in [0.15, 0.2) is 36.4 Å². The first-order chi connectivity index (χ1) is 11.8. The van der Waals surface area contributed by atoms with Crippen molar-refractivity contribution in [2.45, 2.75) is 26.9 Å². The predicted octanol–water partition coefficient (Wildman–Crippen LogP) is 3.34. The molecule has 0 bridgehead atoms. The van der Waals surface area contributed by atoms with Gasteiger partial charge in [-0.3, -0.25) is 14.4 Å². The van der Waals surface area contributed by atoms with Gasteiger partial charge in [0.25, 0.3) is 5.91 Å². The molecule has 1 aromatic carbocycles. The fourth-order valence-electron chi connectivity index (χ4n) is 2.04. The number of ether oxygens (including phenoxy) is 1. The van der Waals surface area contributed by atoms with Crippen molar-refractivity contribution in [1.29, 1.82) is 0 Å². The van der Waals surface area contributed by atoms with Gasteiger partial charge in [-0.1, -0.05) is 12.1 Å². The first-order valence-corrected chi connectivity index (χ1v) is 8.34. The molecule has 1 aromatic heterocycles. The summed E-state index contributed by atoms with van der Waals surface area (Å²) in [5.41, 5.74) is 0.733. The number of carbonyl (C=O) groups is 4. The van der Waals surface area contributed by atoms with Gasteiger partial charge in [0.05, 0.1) is 10.6 Å². The molecule has 1 unspecified atom stereocenters. The molecule has 1 atom stereocenters. The Morgan fingerprint density at radius 2 is 1.60 bits per heavy atom. The van der Waals surface area contributed by atoms with Crippen LogP contribution in [0.5, 0.6) is 0 Å². The molecule has 0 saturated heterocycles. The van der Waals surface area contributed by atoms with Crippen molar-refractivity contribution < 1.29 is 23.9 Å². The van der Waals surface area contributed by atoms with Gasteiger partial charge in [-0.25, -0.2) is 4.79 Å². The zero-order valence-electron chi connectivity index (χ0n) is 14.0. The van der Waals surface area contributed by atoms with Gasteiger partial charge < -0.3 is 10.1 Å². The van der Waals surface area contributed by atoms with E-state index in [0.29, 0.717) is 16.1 Å². The summed E-state index contributed by atoms with van der Waals surface area (Å²) in [5, 5.41) is 2.58. The third-order valence-electron chi connectivity index (χ3n) is 3.37. The van der Waals surface area contributed by atoms with Crippen LogP contribution in [-0.2, 0) is 9.53 Å². The van der Waals surface area contributed by atoms with Crippen LogP contribution in [0.2, 0.25) is 0 Å². The highest BCUT2D eigenvalue weighted by Gasteiger charge is 2.21. The Kier molecular flexibility index (Phi) is 5.82. The standard InChI is InChI=1S/C18H17NO5S/c1-10(20)13-6-4-5-7-14(13)19-17(22)12(3)24-18(23)16-9-8-15(25-16)11(2)21/h4-9,12H,1-3H3,(H,19,22). The minimum atomic E-state index is -1.06. The molecule has 0 aliphatic rings. The number of carbonyl (C=O) groups excluding carboxylic acids is 4. The van der Waals surface area contributed by atoms with E-state index in [2.05, 4.69) is 5.32 Å². The lowest BCUT2D eigenvalue weighted by Crippen LogP contribution is -2.30. The Hall–Kier alpha value is -2.80. The van der Waals surface area contributed by atoms with E-state index in [1.165, 1.54) is 32.9 Å². The van der Waals surface area contributed by atoms with Crippen molar-refractivity contribution in [3.63, 3.8) is 0 Å². The van der Waals surface area contributed by atoms with Gasteiger partial charge in [0.15, 0.2) is 17.7 Å². The molecule has 0 saturated carbocycles. The number of Topliss-reactive ketones (excluding diaryl/α,β-unsaturated/α-hetero) is 2. The zero-order chi connectivity index (χ0) is 18.6. The van der Waals surface area contributed by atoms with Crippen molar-refractivity contribution in [3.8, 4) is 0 Å². The summed E-state index contributed by atoms with van der Waals surface area (Å²) in [4.78, 5) is 47.8. The number of nitrogens with one attached hydrogen (secondary N) is 1. The maximum absolute atomic E-state index is 12.2. The topological polar surface area (TPSA) is 89.5 Å². The number of hydrogen-bond acceptors (Lipinski definition) is 6. The summed E-state index contributed by atoms with van der Waals surface area (Å²) in [7, 11) is 0. The van der Waals surface area contributed by atoms with Crippen LogP contribution in [0, 0.1) is 0 Å². The molecule has 1 amide bonds. The molecule has 6 nitrogen and oxygen atoms in total. The molecule has 0 radical (unpaired) electrons. The maximum Gasteiger partial charge on any atom is 0.349 e. The van der Waals surface area contributed by atoms with E-state index in [0.717, 1.165) is 11.3 Å². The van der Waals surface area contributed by atoms with E-state index in [1.54, 1.807) is 24.3 Å². The zero-order valence-corrected chi connectivity index (χ0v) is 14.8. The Balaban J connectivity index is 2.04. The molecule has 2 rings (SSSR count). The number of thiophene rings is 1. The second-order valence-electron chi connectivity index (χ2n) is 5.36. The number of benzene rings is 1. The fourth-order valence-corrected chi connectivity index (χ4v) is 2.83. The molecule has 1 N–H and O–H groups in total. The molecule has 0 spiro atoms. The van der Waals surface area contributed by atoms with Crippen LogP contribution in [0.25, 0.3) is 0 Å². The largest absolute Gasteiger partial charge is 0.448 e. The number of ketones is 2. The van der Waals surface area contributed by atoms with Gasteiger partial charge >= 0.3 is 5.97 Å². The van der Waals surface area contributed by atoms with Crippen molar-refractivity contribution in [3.05, 3.63) is 51.7 Å². The SMILES string of the molecule is CC(=O)c1ccc(C(=O)OC(C)C(=O)Nc2ccccc2C(C)=O)s1. The van der Waals surface area contributed by atoms with Gasteiger partial charge in [-0.2, -0.15) is 0 Å². The highest BCUT2D eigenvalue weighted by Crippen LogP contribution is 2.19. The normalized spacial score (nSPS) is 11.5. The quantitative estimate of drug-likeness (QED) is 0.631. The van der Waals surface area contributed by atoms with Gasteiger partial charge in [0.2, 0.25) is 0 Å². The van der Waals surface area contributed by atoms with Crippen molar-refractivity contribution >= 4 is 40.5 Å². The van der Waals surface area contributed by atoms with E-state index >= 15 is 0 Å². The lowest BCUT2D eigenvalue weighted by atomic mass is 10.1. The number of esters is 1. The number of para-hydroxylation sites is 1. The number of hydrogen-bond donors (Lipinski definition) is 1. The molecule has 7 heteroatoms. The van der Waals surface area contributed by atoms with Gasteiger partial charge in [0, 0.05) is 5.56 Å². The van der Waals surface area contributed by atoms with Crippen LogP contribution in [-0.4, -0.2) is 29.5 Å². The average molecular weight is 359 g/mol. The Bertz CT molecular complexity index is 839. The first-order valence-electron chi connectivity index (χ1n) is 7.52. The molecule has 130 valence electrons. The molecule has 2 aromatic rings. The van der Waals surface area contributed by atoms with Crippen LogP contribution in [0.1, 0.15) is 50.5 Å². The minimum Gasteiger partial charge on any atom is -0.448 e. The third kappa shape index (κ3) is 4.60. The number of rotatable bonds is 6. The molecule has 0 aliphatic carbocycles. The van der Waals surface area contributed by atoms with Gasteiger partial charge in [0.1, 0.15) is 4.88 Å². The summed E-state index contributed by atoms with van der Waals surface area (Å²) >= 11 is 1.01. The summed E-state index contributed by atoms with van der Waals surface area (Å²) < 4.78 is 5.13. The smallest absolute Gasteiger partial charge is 0.349 e. The van der Waals surface area contributed by atoms with E-state index in [-0.39, 0.29) is 16.4 Å². The van der Waals surface area contributed by atoms with Gasteiger partial charge in [-0.05, 0) is 45.0 Å². The van der Waals surface area contributed by atoms with E-state index in [9.17, 15) is 19.2 Å². The van der Waals surface area contributed by atoms with E-state index in [4.69, 9.17) is 4.74 Å². The van der Waals surface area contributed by atoms with Crippen LogP contribution in [0.4, 0.5) is 5.69 Å². The first kappa shape index (κ1) is 18.5. The van der Waals surface area contributed by atoms with Crippen molar-refractivity contribution in [2.24, 2.45) is 0 Å². The summed E-state index contributed by atoms with van der Waals surface area (Å²) in [6.45, 7) is 4.24. The van der Waals surface area contributed by atoms with Crippen molar-refractivity contribution in [2.75, 3.05) is 5.32 Å². The molecule has 0 fully saturated rings. The lowest BCUT2D eigenvalue weighted by Gasteiger charge is -2.14. The highest BCUT2D eigenvalue weighted by molar-refractivity contribution is 7.15. The monoisotopic (exact) mass is 359 g/mol. The Morgan fingerprint density at radius 1 is 0.960 bits per heavy atom. The van der Waals surface area contributed by atoms with Crippen molar-refractivity contribution in [1.82, 2.24) is 0 Å². The third-order valence-corrected chi connectivity index (χ3v) is 4.54. The summed E-state index contributed by atoms with van der Waals surface area (Å²) in [6, 6.07) is 9.61. The van der Waals surface area contributed by atoms with Crippen LogP contribution < -0.4 is 5.32 Å². The molecule has 25 heavy (non-hydrogen) atoms. The number of amides is 1. The Labute approximate surface area is 148 Å². The highest BCUT2D eigenvalue weighted by atomic mass is 32.1. The lowest BCUT2D eigenvalue weighted by molar-refractivity contribution is -0.123. The van der Waals surface area contributed by atoms with Crippen LogP contribution >= 0.6 is 11.3 Å². The average Bonchev–Trinajstić information content (AvgIpc) is 3.05. The second-order valence-corrected chi connectivity index (χ2v) is 6.44. The molecule has 0 aliphatic heterocycles. The molecule has 1 heterocycles. The fraction of sp³-hybridized carbons (Fsp3) is 0.222. The Morgan fingerprint density at radius 3 is 2.20 bits per heavy atom. The minimum absolute atomic E-state index is 0.143. The number of anilines is 1. The van der Waals surface area contributed by atoms with E-state index in [1.807, 2.05) is 0 Å². The van der Waals surface area contributed by atoms with E-state index < -0.39 is 18.0 Å². The second kappa shape index (κ2) is 7.85. The molecular weight excluding hydrogens is 342 g/mol. The summed E-state index contributed by atoms with van der Waals surface area (Å²) in [6.07, 6.45) is -1.06. The maximum atomic E-state index is 12.2. The predicted molar refractivity (Wildman–Crippen MR) is 94.3 cm³/mol.